The Morgan fingerprint density at radius 3 is 2.70 bits per heavy atom. The summed E-state index contributed by atoms with van der Waals surface area (Å²) in [4.78, 5) is 25.1. The Morgan fingerprint density at radius 1 is 1.40 bits per heavy atom. The van der Waals surface area contributed by atoms with Gasteiger partial charge in [-0.2, -0.15) is 0 Å². The largest absolute Gasteiger partial charge is 0.480 e. The summed E-state index contributed by atoms with van der Waals surface area (Å²) in [6.45, 7) is 2.20. The molecule has 1 aromatic rings. The molecular weight excluding hydrogens is 329 g/mol. The van der Waals surface area contributed by atoms with E-state index >= 15 is 0 Å². The number of halogens is 2. The van der Waals surface area contributed by atoms with Gasteiger partial charge in [-0.05, 0) is 37.0 Å². The molecule has 1 N–H and O–H groups in total. The monoisotopic (exact) mass is 343 g/mol. The fourth-order valence-electron chi connectivity index (χ4n) is 2.64. The highest BCUT2D eigenvalue weighted by atomic mass is 79.9. The number of carbonyl (C=O) groups is 2. The number of rotatable bonds is 2. The summed E-state index contributed by atoms with van der Waals surface area (Å²) in [7, 11) is 0. The first-order valence-corrected chi connectivity index (χ1v) is 7.19. The van der Waals surface area contributed by atoms with Gasteiger partial charge >= 0.3 is 5.97 Å². The third-order valence-electron chi connectivity index (χ3n) is 3.56. The van der Waals surface area contributed by atoms with Crippen LogP contribution in [0, 0.1) is 11.7 Å². The van der Waals surface area contributed by atoms with Gasteiger partial charge in [0, 0.05) is 16.6 Å². The van der Waals surface area contributed by atoms with Crippen molar-refractivity contribution in [3.8, 4) is 0 Å². The first-order chi connectivity index (χ1) is 9.40. The van der Waals surface area contributed by atoms with Crippen LogP contribution in [0.5, 0.6) is 0 Å². The zero-order valence-electron chi connectivity index (χ0n) is 11.0. The highest BCUT2D eigenvalue weighted by molar-refractivity contribution is 9.10. The second-order valence-electron chi connectivity index (χ2n) is 5.06. The quantitative estimate of drug-likeness (QED) is 0.898. The molecule has 2 rings (SSSR count). The fraction of sp³-hybridized carbons (Fsp3) is 0.429. The van der Waals surface area contributed by atoms with E-state index in [9.17, 15) is 19.1 Å². The molecule has 1 amide bonds. The van der Waals surface area contributed by atoms with Gasteiger partial charge < -0.3 is 10.0 Å². The number of benzene rings is 1. The molecule has 0 aliphatic carbocycles. The predicted molar refractivity (Wildman–Crippen MR) is 75.0 cm³/mol. The van der Waals surface area contributed by atoms with Crippen molar-refractivity contribution >= 4 is 27.8 Å². The minimum Gasteiger partial charge on any atom is -0.480 e. The highest BCUT2D eigenvalue weighted by Gasteiger charge is 2.37. The van der Waals surface area contributed by atoms with Gasteiger partial charge in [0.1, 0.15) is 11.9 Å². The Morgan fingerprint density at radius 2 is 2.10 bits per heavy atom. The maximum Gasteiger partial charge on any atom is 0.326 e. The molecule has 1 aliphatic heterocycles. The molecule has 0 aromatic heterocycles. The van der Waals surface area contributed by atoms with E-state index in [2.05, 4.69) is 15.9 Å². The number of carbonyl (C=O) groups excluding carboxylic acids is 1. The normalized spacial score (nSPS) is 22.6. The van der Waals surface area contributed by atoms with Crippen molar-refractivity contribution in [3.63, 3.8) is 0 Å². The Kier molecular flexibility index (Phi) is 4.42. The molecule has 1 fully saturated rings. The number of hydrogen-bond acceptors (Lipinski definition) is 2. The van der Waals surface area contributed by atoms with Gasteiger partial charge in [-0.1, -0.05) is 22.9 Å². The molecule has 2 unspecified atom stereocenters. The zero-order chi connectivity index (χ0) is 14.9. The average Bonchev–Trinajstić information content (AvgIpc) is 2.35. The van der Waals surface area contributed by atoms with Crippen LogP contribution >= 0.6 is 15.9 Å². The molecule has 6 heteroatoms. The van der Waals surface area contributed by atoms with Crippen LogP contribution in [0.3, 0.4) is 0 Å². The van der Waals surface area contributed by atoms with Gasteiger partial charge in [0.05, 0.1) is 0 Å². The van der Waals surface area contributed by atoms with Crippen molar-refractivity contribution < 1.29 is 19.1 Å². The fourth-order valence-corrected chi connectivity index (χ4v) is 3.10. The number of likely N-dealkylation sites (tertiary alicyclic amines) is 1. The lowest BCUT2D eigenvalue weighted by Crippen LogP contribution is -2.51. The van der Waals surface area contributed by atoms with Crippen LogP contribution in [0.2, 0.25) is 0 Å². The van der Waals surface area contributed by atoms with Crippen molar-refractivity contribution in [2.75, 3.05) is 6.54 Å². The molecule has 1 heterocycles. The van der Waals surface area contributed by atoms with Gasteiger partial charge in [-0.25, -0.2) is 9.18 Å². The smallest absolute Gasteiger partial charge is 0.326 e. The first kappa shape index (κ1) is 15.0. The number of aliphatic carboxylic acids is 1. The van der Waals surface area contributed by atoms with Crippen LogP contribution < -0.4 is 0 Å². The number of nitrogens with zero attached hydrogens (tertiary/aromatic N) is 1. The highest BCUT2D eigenvalue weighted by Crippen LogP contribution is 2.26. The lowest BCUT2D eigenvalue weighted by atomic mass is 9.90. The van der Waals surface area contributed by atoms with Crippen LogP contribution in [0.25, 0.3) is 0 Å². The third-order valence-corrected chi connectivity index (χ3v) is 4.01. The number of hydrogen-bond donors (Lipinski definition) is 1. The Balaban J connectivity index is 2.32. The first-order valence-electron chi connectivity index (χ1n) is 6.40. The Hall–Kier alpha value is -1.43. The molecule has 4 nitrogen and oxygen atoms in total. The number of carboxylic acid groups (broad SMARTS) is 1. The summed E-state index contributed by atoms with van der Waals surface area (Å²) in [5.74, 6) is -2.09. The second-order valence-corrected chi connectivity index (χ2v) is 5.97. The van der Waals surface area contributed by atoms with Gasteiger partial charge in [-0.15, -0.1) is 0 Å². The van der Waals surface area contributed by atoms with Crippen molar-refractivity contribution in [2.45, 2.75) is 25.8 Å². The minimum absolute atomic E-state index is 0.109. The van der Waals surface area contributed by atoms with E-state index in [0.717, 1.165) is 18.9 Å². The zero-order valence-corrected chi connectivity index (χ0v) is 12.6. The summed E-state index contributed by atoms with van der Waals surface area (Å²) < 4.78 is 13.8. The molecule has 0 radical (unpaired) electrons. The molecule has 1 saturated heterocycles. The lowest BCUT2D eigenvalue weighted by molar-refractivity contribution is -0.145. The average molecular weight is 344 g/mol. The summed E-state index contributed by atoms with van der Waals surface area (Å²) in [6, 6.07) is 3.04. The SMILES string of the molecule is CC1CCCN(C(=O)c2cc(F)cc(Br)c2)C1C(=O)O. The van der Waals surface area contributed by atoms with E-state index in [1.807, 2.05) is 6.92 Å². The maximum atomic E-state index is 13.4. The minimum atomic E-state index is -1.01. The maximum absolute atomic E-state index is 13.4. The summed E-state index contributed by atoms with van der Waals surface area (Å²) >= 11 is 3.13. The van der Waals surface area contributed by atoms with Crippen LogP contribution in [0.1, 0.15) is 30.1 Å². The van der Waals surface area contributed by atoms with Crippen molar-refractivity contribution in [2.24, 2.45) is 5.92 Å². The molecule has 1 aliphatic rings. The van der Waals surface area contributed by atoms with Crippen molar-refractivity contribution in [1.82, 2.24) is 4.90 Å². The molecule has 0 spiro atoms. The van der Waals surface area contributed by atoms with Crippen LogP contribution in [0.4, 0.5) is 4.39 Å². The molecule has 0 bridgehead atoms. The molecular formula is C14H15BrFNO3. The predicted octanol–water partition coefficient (Wildman–Crippen LogP) is 2.91. The van der Waals surface area contributed by atoms with E-state index in [4.69, 9.17) is 0 Å². The van der Waals surface area contributed by atoms with Crippen molar-refractivity contribution in [3.05, 3.63) is 34.1 Å². The molecule has 20 heavy (non-hydrogen) atoms. The topological polar surface area (TPSA) is 57.6 Å². The number of carboxylic acids is 1. The second kappa shape index (κ2) is 5.91. The van der Waals surface area contributed by atoms with Gasteiger partial charge in [0.15, 0.2) is 0 Å². The van der Waals surface area contributed by atoms with Gasteiger partial charge in [0.25, 0.3) is 5.91 Å². The lowest BCUT2D eigenvalue weighted by Gasteiger charge is -2.37. The van der Waals surface area contributed by atoms with E-state index in [-0.39, 0.29) is 11.5 Å². The number of amides is 1. The molecule has 2 atom stereocenters. The summed E-state index contributed by atoms with van der Waals surface area (Å²) in [6.07, 6.45) is 1.53. The van der Waals surface area contributed by atoms with E-state index in [1.54, 1.807) is 0 Å². The van der Waals surface area contributed by atoms with Gasteiger partial charge in [0.2, 0.25) is 0 Å². The summed E-state index contributed by atoms with van der Waals surface area (Å²) in [5.41, 5.74) is 0.164. The van der Waals surface area contributed by atoms with Crippen LogP contribution in [-0.4, -0.2) is 34.5 Å². The van der Waals surface area contributed by atoms with Gasteiger partial charge in [-0.3, -0.25) is 4.79 Å². The van der Waals surface area contributed by atoms with Crippen LogP contribution in [-0.2, 0) is 4.79 Å². The van der Waals surface area contributed by atoms with Crippen LogP contribution in [0.15, 0.2) is 22.7 Å². The van der Waals surface area contributed by atoms with E-state index < -0.39 is 23.7 Å². The summed E-state index contributed by atoms with van der Waals surface area (Å²) in [5, 5.41) is 9.31. The molecule has 0 saturated carbocycles. The van der Waals surface area contributed by atoms with E-state index in [1.165, 1.54) is 17.0 Å². The molecule has 108 valence electrons. The van der Waals surface area contributed by atoms with Crippen molar-refractivity contribution in [1.29, 1.82) is 0 Å². The Labute approximate surface area is 124 Å². The standard InChI is InChI=1S/C14H15BrFNO3/c1-8-3-2-4-17(12(8)14(19)20)13(18)9-5-10(15)7-11(16)6-9/h5-8,12H,2-4H2,1H3,(H,19,20). The third kappa shape index (κ3) is 3.00. The molecule has 1 aromatic carbocycles. The van der Waals surface area contributed by atoms with E-state index in [0.29, 0.717) is 11.0 Å². The Bertz CT molecular complexity index is 529. The number of piperidine rings is 1.